The van der Waals surface area contributed by atoms with Crippen LogP contribution >= 0.6 is 0 Å². The van der Waals surface area contributed by atoms with E-state index in [9.17, 15) is 4.79 Å². The zero-order chi connectivity index (χ0) is 18.8. The molecule has 0 spiro atoms. The second-order valence-corrected chi connectivity index (χ2v) is 8.26. The molecular formula is C20H30N6O. The molecule has 0 saturated carbocycles. The number of nitrogens with two attached hydrogens (primary N) is 1. The molecule has 1 aromatic carbocycles. The summed E-state index contributed by atoms with van der Waals surface area (Å²) < 4.78 is 0. The predicted octanol–water partition coefficient (Wildman–Crippen LogP) is 1.41. The molecule has 146 valence electrons. The summed E-state index contributed by atoms with van der Waals surface area (Å²) in [6.07, 6.45) is 5.39. The van der Waals surface area contributed by atoms with Gasteiger partial charge in [-0.1, -0.05) is 6.07 Å². The molecule has 0 bridgehead atoms. The third-order valence-corrected chi connectivity index (χ3v) is 6.43. The van der Waals surface area contributed by atoms with E-state index in [4.69, 9.17) is 5.73 Å². The number of benzene rings is 1. The van der Waals surface area contributed by atoms with Gasteiger partial charge in [0.05, 0.1) is 6.04 Å². The van der Waals surface area contributed by atoms with Crippen LogP contribution in [0, 0.1) is 11.8 Å². The standard InChI is InChI=1S/C20H30N6O/c1-25-8-4-15(5-9-25)16-6-10-26(11-7-16)20(27)17(21)12-14-2-3-18-19(13-14)23-24-22-18/h2-3,13,15-17H,4-12,21H2,1H3,(H,22,23,24). The van der Waals surface area contributed by atoms with Crippen molar-refractivity contribution < 1.29 is 4.79 Å². The molecule has 1 amide bonds. The molecule has 0 aliphatic carbocycles. The largest absolute Gasteiger partial charge is 0.341 e. The Labute approximate surface area is 160 Å². The fraction of sp³-hybridized carbons (Fsp3) is 0.650. The zero-order valence-corrected chi connectivity index (χ0v) is 16.1. The number of nitrogens with one attached hydrogen (secondary N) is 1. The summed E-state index contributed by atoms with van der Waals surface area (Å²) in [5, 5.41) is 10.8. The summed E-state index contributed by atoms with van der Waals surface area (Å²) in [6, 6.07) is 5.36. The van der Waals surface area contributed by atoms with Gasteiger partial charge in [0.1, 0.15) is 11.0 Å². The van der Waals surface area contributed by atoms with Gasteiger partial charge in [0.2, 0.25) is 5.91 Å². The number of aromatic amines is 1. The second-order valence-electron chi connectivity index (χ2n) is 8.26. The van der Waals surface area contributed by atoms with Crippen molar-refractivity contribution in [3.8, 4) is 0 Å². The maximum absolute atomic E-state index is 12.8. The van der Waals surface area contributed by atoms with Crippen molar-refractivity contribution in [2.24, 2.45) is 17.6 Å². The summed E-state index contributed by atoms with van der Waals surface area (Å²) in [5.74, 6) is 1.69. The van der Waals surface area contributed by atoms with Gasteiger partial charge in [-0.05, 0) is 81.8 Å². The summed E-state index contributed by atoms with van der Waals surface area (Å²) in [4.78, 5) is 17.2. The molecule has 2 saturated heterocycles. The third-order valence-electron chi connectivity index (χ3n) is 6.43. The maximum Gasteiger partial charge on any atom is 0.239 e. The fourth-order valence-electron chi connectivity index (χ4n) is 4.68. The van der Waals surface area contributed by atoms with E-state index in [1.165, 1.54) is 25.9 Å². The van der Waals surface area contributed by atoms with Crippen LogP contribution in [0.5, 0.6) is 0 Å². The Balaban J connectivity index is 1.29. The van der Waals surface area contributed by atoms with Crippen molar-refractivity contribution in [3.05, 3.63) is 23.8 Å². The van der Waals surface area contributed by atoms with Gasteiger partial charge in [0.25, 0.3) is 0 Å². The Hall–Kier alpha value is -1.99. The molecule has 7 nitrogen and oxygen atoms in total. The molecule has 2 aliphatic heterocycles. The Bertz CT molecular complexity index is 774. The highest BCUT2D eigenvalue weighted by atomic mass is 16.2. The highest BCUT2D eigenvalue weighted by Gasteiger charge is 2.31. The van der Waals surface area contributed by atoms with Gasteiger partial charge >= 0.3 is 0 Å². The first kappa shape index (κ1) is 18.4. The lowest BCUT2D eigenvalue weighted by atomic mass is 9.79. The minimum Gasteiger partial charge on any atom is -0.341 e. The van der Waals surface area contributed by atoms with Crippen LogP contribution in [-0.4, -0.2) is 70.4 Å². The first-order chi connectivity index (χ1) is 13.1. The fourth-order valence-corrected chi connectivity index (χ4v) is 4.68. The van der Waals surface area contributed by atoms with E-state index < -0.39 is 6.04 Å². The second kappa shape index (κ2) is 7.94. The SMILES string of the molecule is CN1CCC(C2CCN(C(=O)C(N)Cc3ccc4n[nH]nc4c3)CC2)CC1. The summed E-state index contributed by atoms with van der Waals surface area (Å²) in [6.45, 7) is 4.13. The average molecular weight is 371 g/mol. The number of piperidine rings is 2. The number of aromatic nitrogens is 3. The van der Waals surface area contributed by atoms with Crippen LogP contribution in [0.2, 0.25) is 0 Å². The van der Waals surface area contributed by atoms with Gasteiger partial charge < -0.3 is 15.5 Å². The number of hydrogen-bond acceptors (Lipinski definition) is 5. The van der Waals surface area contributed by atoms with Crippen molar-refractivity contribution in [2.75, 3.05) is 33.2 Å². The lowest BCUT2D eigenvalue weighted by molar-refractivity contribution is -0.134. The number of hydrogen-bond donors (Lipinski definition) is 2. The molecular weight excluding hydrogens is 340 g/mol. The molecule has 1 unspecified atom stereocenters. The average Bonchev–Trinajstić information content (AvgIpc) is 3.16. The van der Waals surface area contributed by atoms with Crippen molar-refractivity contribution in [2.45, 2.75) is 38.1 Å². The van der Waals surface area contributed by atoms with E-state index >= 15 is 0 Å². The minimum absolute atomic E-state index is 0.0806. The molecule has 3 heterocycles. The van der Waals surface area contributed by atoms with Gasteiger partial charge in [-0.25, -0.2) is 0 Å². The summed E-state index contributed by atoms with van der Waals surface area (Å²) >= 11 is 0. The number of carbonyl (C=O) groups excluding carboxylic acids is 1. The quantitative estimate of drug-likeness (QED) is 0.849. The van der Waals surface area contributed by atoms with Gasteiger partial charge in [-0.15, -0.1) is 0 Å². The highest BCUT2D eigenvalue weighted by molar-refractivity contribution is 5.82. The molecule has 1 aromatic heterocycles. The summed E-state index contributed by atoms with van der Waals surface area (Å²) in [5.41, 5.74) is 8.92. The molecule has 2 fully saturated rings. The molecule has 2 aromatic rings. The Morgan fingerprint density at radius 2 is 1.74 bits per heavy atom. The van der Waals surface area contributed by atoms with Crippen LogP contribution in [-0.2, 0) is 11.2 Å². The van der Waals surface area contributed by atoms with Crippen LogP contribution in [0.1, 0.15) is 31.2 Å². The van der Waals surface area contributed by atoms with Crippen LogP contribution in [0.4, 0.5) is 0 Å². The van der Waals surface area contributed by atoms with Crippen LogP contribution in [0.25, 0.3) is 11.0 Å². The number of carbonyl (C=O) groups is 1. The van der Waals surface area contributed by atoms with Crippen LogP contribution in [0.3, 0.4) is 0 Å². The van der Waals surface area contributed by atoms with E-state index in [1.807, 2.05) is 23.1 Å². The Morgan fingerprint density at radius 3 is 2.44 bits per heavy atom. The lowest BCUT2D eigenvalue weighted by Gasteiger charge is -2.40. The topological polar surface area (TPSA) is 91.1 Å². The molecule has 7 heteroatoms. The van der Waals surface area contributed by atoms with Gasteiger partial charge in [-0.2, -0.15) is 15.4 Å². The number of nitrogens with zero attached hydrogens (tertiary/aromatic N) is 4. The van der Waals surface area contributed by atoms with E-state index in [2.05, 4.69) is 27.4 Å². The van der Waals surface area contributed by atoms with E-state index in [0.29, 0.717) is 6.42 Å². The van der Waals surface area contributed by atoms with Gasteiger partial charge in [0.15, 0.2) is 0 Å². The molecule has 2 aliphatic rings. The first-order valence-corrected chi connectivity index (χ1v) is 10.1. The molecule has 27 heavy (non-hydrogen) atoms. The van der Waals surface area contributed by atoms with Gasteiger partial charge in [-0.3, -0.25) is 4.79 Å². The smallest absolute Gasteiger partial charge is 0.239 e. The van der Waals surface area contributed by atoms with Crippen molar-refractivity contribution >= 4 is 16.9 Å². The first-order valence-electron chi connectivity index (χ1n) is 10.1. The Kier molecular flexibility index (Phi) is 5.41. The summed E-state index contributed by atoms with van der Waals surface area (Å²) in [7, 11) is 2.21. The maximum atomic E-state index is 12.8. The third kappa shape index (κ3) is 4.14. The molecule has 4 rings (SSSR count). The van der Waals surface area contributed by atoms with Crippen molar-refractivity contribution in [1.82, 2.24) is 25.2 Å². The number of fused-ring (bicyclic) bond motifs is 1. The molecule has 0 radical (unpaired) electrons. The lowest BCUT2D eigenvalue weighted by Crippen LogP contribution is -2.49. The molecule has 3 N–H and O–H groups in total. The van der Waals surface area contributed by atoms with Crippen molar-refractivity contribution in [1.29, 1.82) is 0 Å². The number of rotatable bonds is 4. The number of amides is 1. The predicted molar refractivity (Wildman–Crippen MR) is 105 cm³/mol. The molecule has 1 atom stereocenters. The normalized spacial score (nSPS) is 21.6. The zero-order valence-electron chi connectivity index (χ0n) is 16.1. The van der Waals surface area contributed by atoms with E-state index in [0.717, 1.165) is 54.4 Å². The minimum atomic E-state index is -0.491. The highest BCUT2D eigenvalue weighted by Crippen LogP contribution is 2.32. The van der Waals surface area contributed by atoms with Crippen molar-refractivity contribution in [3.63, 3.8) is 0 Å². The van der Waals surface area contributed by atoms with Crippen LogP contribution in [0.15, 0.2) is 18.2 Å². The Morgan fingerprint density at radius 1 is 1.11 bits per heavy atom. The van der Waals surface area contributed by atoms with E-state index in [-0.39, 0.29) is 5.91 Å². The number of likely N-dealkylation sites (tertiary alicyclic amines) is 2. The monoisotopic (exact) mass is 370 g/mol. The van der Waals surface area contributed by atoms with Crippen LogP contribution < -0.4 is 5.73 Å². The van der Waals surface area contributed by atoms with E-state index in [1.54, 1.807) is 0 Å². The number of H-pyrrole nitrogens is 1. The van der Waals surface area contributed by atoms with Gasteiger partial charge in [0, 0.05) is 13.1 Å².